The van der Waals surface area contributed by atoms with Gasteiger partial charge < -0.3 is 4.74 Å². The molecule has 3 rings (SSSR count). The highest BCUT2D eigenvalue weighted by atomic mass is 35.5. The standard InChI is InChI=1S/C22H25ClN2O3S2/c1-4-17(3)25(30(26,27)21-11-5-16(2)6-12-21)13-19-15-29-22(24-19)14-28-20-9-7-18(23)8-10-20/h5-12,15,17H,4,13-14H2,1-3H3/t17-/m1/s1. The first-order valence-electron chi connectivity index (χ1n) is 9.69. The third kappa shape index (κ3) is 5.60. The van der Waals surface area contributed by atoms with Gasteiger partial charge in [-0.1, -0.05) is 36.2 Å². The minimum atomic E-state index is -3.62. The highest BCUT2D eigenvalue weighted by Gasteiger charge is 2.29. The molecule has 0 saturated carbocycles. The van der Waals surface area contributed by atoms with Gasteiger partial charge in [0.2, 0.25) is 10.0 Å². The highest BCUT2D eigenvalue weighted by Crippen LogP contribution is 2.24. The second-order valence-electron chi connectivity index (χ2n) is 7.10. The van der Waals surface area contributed by atoms with Crippen molar-refractivity contribution in [3.05, 3.63) is 75.2 Å². The smallest absolute Gasteiger partial charge is 0.243 e. The first-order chi connectivity index (χ1) is 14.3. The molecule has 8 heteroatoms. The van der Waals surface area contributed by atoms with Crippen LogP contribution in [0.3, 0.4) is 0 Å². The van der Waals surface area contributed by atoms with Crippen molar-refractivity contribution in [3.63, 3.8) is 0 Å². The molecule has 0 unspecified atom stereocenters. The third-order valence-corrected chi connectivity index (χ3v) is 7.90. The zero-order valence-corrected chi connectivity index (χ0v) is 19.6. The molecule has 1 atom stereocenters. The van der Waals surface area contributed by atoms with Gasteiger partial charge in [0.25, 0.3) is 0 Å². The Kier molecular flexibility index (Phi) is 7.52. The molecule has 3 aromatic rings. The van der Waals surface area contributed by atoms with E-state index in [9.17, 15) is 8.42 Å². The zero-order valence-electron chi connectivity index (χ0n) is 17.2. The number of aryl methyl sites for hydroxylation is 1. The summed E-state index contributed by atoms with van der Waals surface area (Å²) >= 11 is 7.35. The molecule has 0 saturated heterocycles. The third-order valence-electron chi connectivity index (χ3n) is 4.80. The van der Waals surface area contributed by atoms with E-state index in [0.29, 0.717) is 34.4 Å². The van der Waals surface area contributed by atoms with Crippen molar-refractivity contribution in [1.82, 2.24) is 9.29 Å². The van der Waals surface area contributed by atoms with E-state index in [4.69, 9.17) is 16.3 Å². The number of sulfonamides is 1. The Morgan fingerprint density at radius 2 is 1.80 bits per heavy atom. The van der Waals surface area contributed by atoms with Crippen LogP contribution in [0.4, 0.5) is 0 Å². The summed E-state index contributed by atoms with van der Waals surface area (Å²) in [5, 5.41) is 3.33. The van der Waals surface area contributed by atoms with Crippen molar-refractivity contribution in [2.24, 2.45) is 0 Å². The van der Waals surface area contributed by atoms with Crippen LogP contribution in [0, 0.1) is 6.92 Å². The minimum absolute atomic E-state index is 0.147. The maximum Gasteiger partial charge on any atom is 0.243 e. The molecular formula is C22H25ClN2O3S2. The van der Waals surface area contributed by atoms with E-state index >= 15 is 0 Å². The fourth-order valence-corrected chi connectivity index (χ4v) is 5.35. The lowest BCUT2D eigenvalue weighted by atomic mass is 10.2. The van der Waals surface area contributed by atoms with Crippen molar-refractivity contribution >= 4 is 33.0 Å². The molecule has 0 spiro atoms. The van der Waals surface area contributed by atoms with Gasteiger partial charge in [0.05, 0.1) is 17.1 Å². The Bertz CT molecular complexity index is 1060. The number of nitrogens with zero attached hydrogens (tertiary/aromatic N) is 2. The minimum Gasteiger partial charge on any atom is -0.486 e. The first-order valence-corrected chi connectivity index (χ1v) is 12.4. The second-order valence-corrected chi connectivity index (χ2v) is 10.4. The van der Waals surface area contributed by atoms with Crippen molar-refractivity contribution < 1.29 is 13.2 Å². The van der Waals surface area contributed by atoms with Gasteiger partial charge in [-0.15, -0.1) is 11.3 Å². The van der Waals surface area contributed by atoms with Gasteiger partial charge >= 0.3 is 0 Å². The molecule has 0 bridgehead atoms. The lowest BCUT2D eigenvalue weighted by Crippen LogP contribution is -2.37. The number of thiazole rings is 1. The molecule has 0 N–H and O–H groups in total. The van der Waals surface area contributed by atoms with E-state index in [1.807, 2.05) is 38.3 Å². The topological polar surface area (TPSA) is 59.5 Å². The average molecular weight is 465 g/mol. The number of halogens is 1. The number of ether oxygens (including phenoxy) is 1. The van der Waals surface area contributed by atoms with E-state index in [0.717, 1.165) is 10.6 Å². The average Bonchev–Trinajstić information content (AvgIpc) is 3.19. The molecule has 0 aliphatic rings. The van der Waals surface area contributed by atoms with Gasteiger partial charge in [-0.25, -0.2) is 13.4 Å². The van der Waals surface area contributed by atoms with Crippen LogP contribution >= 0.6 is 22.9 Å². The summed E-state index contributed by atoms with van der Waals surface area (Å²) < 4.78 is 33.8. The van der Waals surface area contributed by atoms with Crippen LogP contribution in [0.2, 0.25) is 5.02 Å². The van der Waals surface area contributed by atoms with Crippen LogP contribution in [0.1, 0.15) is 36.5 Å². The normalized spacial score (nSPS) is 12.8. The molecule has 0 fully saturated rings. The molecule has 5 nitrogen and oxygen atoms in total. The lowest BCUT2D eigenvalue weighted by Gasteiger charge is -2.27. The molecule has 0 radical (unpaired) electrons. The molecular weight excluding hydrogens is 440 g/mol. The van der Waals surface area contributed by atoms with E-state index in [1.165, 1.54) is 15.6 Å². The summed E-state index contributed by atoms with van der Waals surface area (Å²) in [6, 6.07) is 13.9. The van der Waals surface area contributed by atoms with Gasteiger partial charge in [0.1, 0.15) is 17.4 Å². The Balaban J connectivity index is 1.74. The molecule has 0 amide bonds. The summed E-state index contributed by atoms with van der Waals surface area (Å²) in [5.41, 5.74) is 1.74. The van der Waals surface area contributed by atoms with Crippen molar-refractivity contribution in [1.29, 1.82) is 0 Å². The quantitative estimate of drug-likeness (QED) is 0.409. The van der Waals surface area contributed by atoms with Gasteiger partial charge in [0.15, 0.2) is 0 Å². The van der Waals surface area contributed by atoms with E-state index < -0.39 is 10.0 Å². The van der Waals surface area contributed by atoms with Crippen LogP contribution < -0.4 is 4.74 Å². The maximum absolute atomic E-state index is 13.3. The van der Waals surface area contributed by atoms with Crippen LogP contribution in [0.15, 0.2) is 58.8 Å². The first kappa shape index (κ1) is 22.7. The largest absolute Gasteiger partial charge is 0.486 e. The number of hydrogen-bond acceptors (Lipinski definition) is 5. The molecule has 2 aromatic carbocycles. The van der Waals surface area contributed by atoms with Crippen LogP contribution in [-0.4, -0.2) is 23.7 Å². The Morgan fingerprint density at radius 1 is 1.13 bits per heavy atom. The van der Waals surface area contributed by atoms with Gasteiger partial charge in [0, 0.05) is 16.4 Å². The second kappa shape index (κ2) is 9.92. The van der Waals surface area contributed by atoms with E-state index in [2.05, 4.69) is 4.98 Å². The molecule has 1 aromatic heterocycles. The van der Waals surface area contributed by atoms with Gasteiger partial charge in [-0.3, -0.25) is 0 Å². The predicted octanol–water partition coefficient (Wildman–Crippen LogP) is 5.67. The van der Waals surface area contributed by atoms with Crippen LogP contribution in [-0.2, 0) is 23.2 Å². The number of aromatic nitrogens is 1. The lowest BCUT2D eigenvalue weighted by molar-refractivity contribution is 0.302. The molecule has 0 aliphatic carbocycles. The monoisotopic (exact) mass is 464 g/mol. The predicted molar refractivity (Wildman–Crippen MR) is 122 cm³/mol. The number of rotatable bonds is 9. The fourth-order valence-electron chi connectivity index (χ4n) is 2.85. The van der Waals surface area contributed by atoms with Crippen LogP contribution in [0.5, 0.6) is 5.75 Å². The van der Waals surface area contributed by atoms with E-state index in [-0.39, 0.29) is 12.6 Å². The molecule has 1 heterocycles. The highest BCUT2D eigenvalue weighted by molar-refractivity contribution is 7.89. The van der Waals surface area contributed by atoms with Crippen molar-refractivity contribution in [2.75, 3.05) is 0 Å². The van der Waals surface area contributed by atoms with Gasteiger partial charge in [-0.05, 0) is 56.7 Å². The summed E-state index contributed by atoms with van der Waals surface area (Å²) in [7, 11) is -3.62. The molecule has 160 valence electrons. The Morgan fingerprint density at radius 3 is 2.43 bits per heavy atom. The maximum atomic E-state index is 13.3. The van der Waals surface area contributed by atoms with Crippen molar-refractivity contribution in [2.45, 2.75) is 51.3 Å². The summed E-state index contributed by atoms with van der Waals surface area (Å²) in [5.74, 6) is 0.708. The summed E-state index contributed by atoms with van der Waals surface area (Å²) in [4.78, 5) is 4.88. The Hall–Kier alpha value is -1.93. The van der Waals surface area contributed by atoms with E-state index in [1.54, 1.807) is 36.4 Å². The fraction of sp³-hybridized carbons (Fsp3) is 0.318. The summed E-state index contributed by atoms with van der Waals surface area (Å²) in [6.07, 6.45) is 0.710. The van der Waals surface area contributed by atoms with Crippen LogP contribution in [0.25, 0.3) is 0 Å². The van der Waals surface area contributed by atoms with Crippen molar-refractivity contribution in [3.8, 4) is 5.75 Å². The molecule has 0 aliphatic heterocycles. The number of benzene rings is 2. The number of hydrogen-bond donors (Lipinski definition) is 0. The summed E-state index contributed by atoms with van der Waals surface area (Å²) in [6.45, 7) is 6.38. The Labute approximate surface area is 187 Å². The SMILES string of the molecule is CC[C@@H](C)N(Cc1csc(COc2ccc(Cl)cc2)n1)S(=O)(=O)c1ccc(C)cc1. The van der Waals surface area contributed by atoms with Gasteiger partial charge in [-0.2, -0.15) is 4.31 Å². The molecule has 30 heavy (non-hydrogen) atoms. The zero-order chi connectivity index (χ0) is 21.7.